The fourth-order valence-electron chi connectivity index (χ4n) is 7.24. The van der Waals surface area contributed by atoms with E-state index >= 15 is 0 Å². The summed E-state index contributed by atoms with van der Waals surface area (Å²) in [6.07, 6.45) is 11.4. The van der Waals surface area contributed by atoms with Crippen LogP contribution in [-0.2, 0) is 14.3 Å². The maximum atomic E-state index is 12.1. The van der Waals surface area contributed by atoms with Crippen molar-refractivity contribution in [3.63, 3.8) is 0 Å². The van der Waals surface area contributed by atoms with Gasteiger partial charge in [-0.1, -0.05) is 27.7 Å². The maximum Gasteiger partial charge on any atom is 0.222 e. The van der Waals surface area contributed by atoms with Gasteiger partial charge in [0, 0.05) is 40.3 Å². The van der Waals surface area contributed by atoms with Gasteiger partial charge in [0.2, 0.25) is 5.91 Å². The van der Waals surface area contributed by atoms with Crippen LogP contribution in [0.3, 0.4) is 0 Å². The van der Waals surface area contributed by atoms with E-state index in [2.05, 4.69) is 18.7 Å². The van der Waals surface area contributed by atoms with Gasteiger partial charge in [-0.15, -0.1) is 0 Å². The molecule has 0 aromatic carbocycles. The summed E-state index contributed by atoms with van der Waals surface area (Å²) >= 11 is 0. The van der Waals surface area contributed by atoms with Crippen molar-refractivity contribution >= 4 is 5.91 Å². The van der Waals surface area contributed by atoms with Crippen LogP contribution in [0.25, 0.3) is 0 Å². The summed E-state index contributed by atoms with van der Waals surface area (Å²) in [6, 6.07) is 0.481. The fraction of sp³-hybridized carbons (Fsp3) is 0.960. The highest BCUT2D eigenvalue weighted by Crippen LogP contribution is 2.61. The number of piperidine rings is 1. The Morgan fingerprint density at radius 1 is 1.07 bits per heavy atom. The largest absolute Gasteiger partial charge is 0.385 e. The zero-order valence-corrected chi connectivity index (χ0v) is 20.2. The second kappa shape index (κ2) is 11.1. The molecule has 1 heterocycles. The quantitative estimate of drug-likeness (QED) is 0.614. The average Bonchev–Trinajstić information content (AvgIpc) is 3.17. The Morgan fingerprint density at radius 3 is 2.34 bits per heavy atom. The Morgan fingerprint density at radius 2 is 1.76 bits per heavy atom. The van der Waals surface area contributed by atoms with E-state index in [1.807, 2.05) is 28.0 Å². The van der Waals surface area contributed by atoms with E-state index in [9.17, 15) is 4.79 Å². The predicted molar refractivity (Wildman–Crippen MR) is 120 cm³/mol. The van der Waals surface area contributed by atoms with E-state index < -0.39 is 0 Å². The van der Waals surface area contributed by atoms with Gasteiger partial charge in [0.15, 0.2) is 0 Å². The molecular formula is C25H47NO3. The number of rotatable bonds is 3. The number of hydrogen-bond acceptors (Lipinski definition) is 3. The Kier molecular flexibility index (Phi) is 9.47. The molecule has 4 fully saturated rings. The Labute approximate surface area is 180 Å². The normalized spacial score (nSPS) is 40.5. The number of methoxy groups -OCH3 is 2. The molecule has 170 valence electrons. The first-order valence-electron chi connectivity index (χ1n) is 12.2. The van der Waals surface area contributed by atoms with Crippen LogP contribution < -0.4 is 0 Å². The highest BCUT2D eigenvalue weighted by Gasteiger charge is 2.58. The van der Waals surface area contributed by atoms with Gasteiger partial charge in [0.05, 0.1) is 6.10 Å². The molecule has 7 unspecified atom stereocenters. The molecular weight excluding hydrogens is 362 g/mol. The number of hydrogen-bond donors (Lipinski definition) is 0. The van der Waals surface area contributed by atoms with Crippen LogP contribution in [0, 0.1) is 29.1 Å². The third-order valence-corrected chi connectivity index (χ3v) is 8.49. The molecule has 4 nitrogen and oxygen atoms in total. The molecule has 4 rings (SSSR count). The first-order chi connectivity index (χ1) is 14.0. The number of carbonyl (C=O) groups is 1. The molecule has 4 aliphatic rings. The second-order valence-corrected chi connectivity index (χ2v) is 9.63. The van der Waals surface area contributed by atoms with Crippen molar-refractivity contribution in [2.75, 3.05) is 27.9 Å². The minimum Gasteiger partial charge on any atom is -0.385 e. The highest BCUT2D eigenvalue weighted by atomic mass is 16.5. The first-order valence-corrected chi connectivity index (χ1v) is 12.2. The lowest BCUT2D eigenvalue weighted by Crippen LogP contribution is -2.60. The number of amides is 1. The van der Waals surface area contributed by atoms with Gasteiger partial charge in [-0.2, -0.15) is 0 Å². The SMILES string of the molecule is CC.CCCOC.COC1CCC2CCC3C(CCC4N(C)C(=O)CCC34C)C21. The van der Waals surface area contributed by atoms with Gasteiger partial charge in [-0.05, 0) is 80.5 Å². The molecule has 1 aliphatic heterocycles. The Bertz CT molecular complexity index is 502. The third-order valence-electron chi connectivity index (χ3n) is 8.49. The van der Waals surface area contributed by atoms with Crippen molar-refractivity contribution in [3.8, 4) is 0 Å². The fourth-order valence-corrected chi connectivity index (χ4v) is 7.24. The van der Waals surface area contributed by atoms with Crippen LogP contribution >= 0.6 is 0 Å². The van der Waals surface area contributed by atoms with E-state index in [0.717, 1.165) is 49.5 Å². The molecule has 0 bridgehead atoms. The minimum atomic E-state index is 0.345. The first kappa shape index (κ1) is 24.7. The van der Waals surface area contributed by atoms with Gasteiger partial charge >= 0.3 is 0 Å². The van der Waals surface area contributed by atoms with Crippen molar-refractivity contribution in [1.29, 1.82) is 0 Å². The minimum absolute atomic E-state index is 0.345. The average molecular weight is 410 g/mol. The van der Waals surface area contributed by atoms with Crippen LogP contribution in [0.4, 0.5) is 0 Å². The molecule has 7 atom stereocenters. The van der Waals surface area contributed by atoms with Crippen LogP contribution in [0.1, 0.15) is 85.5 Å². The maximum absolute atomic E-state index is 12.1. The van der Waals surface area contributed by atoms with Crippen molar-refractivity contribution in [2.45, 2.75) is 97.6 Å². The molecule has 0 aromatic rings. The number of fused-ring (bicyclic) bond motifs is 5. The number of ether oxygens (including phenoxy) is 2. The van der Waals surface area contributed by atoms with Gasteiger partial charge in [0.1, 0.15) is 0 Å². The monoisotopic (exact) mass is 409 g/mol. The molecule has 0 aromatic heterocycles. The van der Waals surface area contributed by atoms with E-state index in [-0.39, 0.29) is 0 Å². The van der Waals surface area contributed by atoms with Crippen molar-refractivity contribution < 1.29 is 14.3 Å². The van der Waals surface area contributed by atoms with Crippen molar-refractivity contribution in [3.05, 3.63) is 0 Å². The van der Waals surface area contributed by atoms with Crippen LogP contribution in [0.2, 0.25) is 0 Å². The van der Waals surface area contributed by atoms with Crippen molar-refractivity contribution in [2.24, 2.45) is 29.1 Å². The summed E-state index contributed by atoms with van der Waals surface area (Å²) in [5.41, 5.74) is 0.345. The zero-order valence-electron chi connectivity index (χ0n) is 20.2. The van der Waals surface area contributed by atoms with Gasteiger partial charge < -0.3 is 14.4 Å². The third kappa shape index (κ3) is 4.84. The summed E-state index contributed by atoms with van der Waals surface area (Å²) in [6.45, 7) is 9.47. The lowest BCUT2D eigenvalue weighted by atomic mass is 9.50. The summed E-state index contributed by atoms with van der Waals surface area (Å²) in [4.78, 5) is 14.2. The summed E-state index contributed by atoms with van der Waals surface area (Å²) in [5, 5.41) is 0. The standard InChI is InChI=1S/C19H31NO2.C4H10O.C2H6/c1-19-11-10-17(21)20(2)16(19)9-6-13-14(19)7-4-12-5-8-15(22-3)18(12)13;1-3-4-5-2;1-2/h12-16,18H,4-11H2,1-3H3;3-4H2,1-2H3;1-2H3. The zero-order chi connectivity index (χ0) is 21.6. The lowest BCUT2D eigenvalue weighted by Gasteiger charge is -2.60. The highest BCUT2D eigenvalue weighted by molar-refractivity contribution is 5.77. The molecule has 1 amide bonds. The Balaban J connectivity index is 0.000000378. The molecule has 3 saturated carbocycles. The number of carbonyl (C=O) groups excluding carboxylic acids is 1. The lowest BCUT2D eigenvalue weighted by molar-refractivity contribution is -0.157. The van der Waals surface area contributed by atoms with Crippen molar-refractivity contribution in [1.82, 2.24) is 4.90 Å². The Hall–Kier alpha value is -0.610. The summed E-state index contributed by atoms with van der Waals surface area (Å²) < 4.78 is 10.6. The van der Waals surface area contributed by atoms with E-state index in [1.165, 1.54) is 38.5 Å². The van der Waals surface area contributed by atoms with Gasteiger partial charge in [0.25, 0.3) is 0 Å². The van der Waals surface area contributed by atoms with Gasteiger partial charge in [-0.3, -0.25) is 4.79 Å². The van der Waals surface area contributed by atoms with Crippen LogP contribution in [-0.4, -0.2) is 50.8 Å². The van der Waals surface area contributed by atoms with E-state index in [0.29, 0.717) is 23.5 Å². The molecule has 0 spiro atoms. The van der Waals surface area contributed by atoms with E-state index in [1.54, 1.807) is 7.11 Å². The summed E-state index contributed by atoms with van der Waals surface area (Å²) in [5.74, 6) is 3.72. The molecule has 29 heavy (non-hydrogen) atoms. The molecule has 0 radical (unpaired) electrons. The number of nitrogens with zero attached hydrogens (tertiary/aromatic N) is 1. The second-order valence-electron chi connectivity index (χ2n) is 9.63. The topological polar surface area (TPSA) is 38.8 Å². The molecule has 4 heteroatoms. The number of likely N-dealkylation sites (tertiary alicyclic amines) is 1. The molecule has 1 saturated heterocycles. The predicted octanol–water partition coefficient (Wildman–Crippen LogP) is 5.54. The van der Waals surface area contributed by atoms with E-state index in [4.69, 9.17) is 9.47 Å². The van der Waals surface area contributed by atoms with Crippen LogP contribution in [0.15, 0.2) is 0 Å². The van der Waals surface area contributed by atoms with Crippen LogP contribution in [0.5, 0.6) is 0 Å². The smallest absolute Gasteiger partial charge is 0.222 e. The molecule has 3 aliphatic carbocycles. The summed E-state index contributed by atoms with van der Waals surface area (Å²) in [7, 11) is 5.67. The molecule has 0 N–H and O–H groups in total. The van der Waals surface area contributed by atoms with Gasteiger partial charge in [-0.25, -0.2) is 0 Å².